The van der Waals surface area contributed by atoms with Crippen LogP contribution >= 0.6 is 0 Å². The van der Waals surface area contributed by atoms with Gasteiger partial charge < -0.3 is 19.6 Å². The highest BCUT2D eigenvalue weighted by atomic mass is 16.5. The zero-order valence-electron chi connectivity index (χ0n) is 15.7. The Morgan fingerprint density at radius 2 is 2.23 bits per heavy atom. The first kappa shape index (κ1) is 18.4. The minimum absolute atomic E-state index is 0.163. The van der Waals surface area contributed by atoms with Gasteiger partial charge >= 0.3 is 0 Å². The van der Waals surface area contributed by atoms with E-state index in [4.69, 9.17) is 4.52 Å². The third kappa shape index (κ3) is 4.40. The van der Waals surface area contributed by atoms with Gasteiger partial charge in [0.05, 0.1) is 17.8 Å². The van der Waals surface area contributed by atoms with Gasteiger partial charge in [0.2, 0.25) is 0 Å². The van der Waals surface area contributed by atoms with Crippen molar-refractivity contribution in [2.24, 2.45) is 0 Å². The summed E-state index contributed by atoms with van der Waals surface area (Å²) in [5.41, 5.74) is 1.47. The molecule has 1 amide bonds. The summed E-state index contributed by atoms with van der Waals surface area (Å²) < 4.78 is 5.23. The van der Waals surface area contributed by atoms with Crippen LogP contribution in [-0.4, -0.2) is 53.7 Å². The second-order valence-electron chi connectivity index (χ2n) is 6.90. The molecule has 1 atom stereocenters. The van der Waals surface area contributed by atoms with Crippen molar-refractivity contribution in [1.29, 1.82) is 0 Å². The number of anilines is 1. The van der Waals surface area contributed by atoms with Crippen LogP contribution in [0, 0.1) is 0 Å². The van der Waals surface area contributed by atoms with Gasteiger partial charge in [0, 0.05) is 37.9 Å². The van der Waals surface area contributed by atoms with Crippen LogP contribution in [0.1, 0.15) is 42.1 Å². The molecule has 1 fully saturated rings. The van der Waals surface area contributed by atoms with Gasteiger partial charge in [-0.25, -0.2) is 4.98 Å². The molecule has 7 nitrogen and oxygen atoms in total. The largest absolute Gasteiger partial charge is 0.359 e. The molecule has 0 aliphatic carbocycles. The Kier molecular flexibility index (Phi) is 5.88. The van der Waals surface area contributed by atoms with Crippen molar-refractivity contribution in [2.45, 2.75) is 39.3 Å². The smallest absolute Gasteiger partial charge is 0.253 e. The number of hydrogen-bond donors (Lipinski definition) is 1. The molecule has 3 heterocycles. The molecule has 2 aromatic heterocycles. The van der Waals surface area contributed by atoms with Gasteiger partial charge in [-0.3, -0.25) is 4.79 Å². The fourth-order valence-corrected chi connectivity index (χ4v) is 3.05. The number of amides is 1. The van der Waals surface area contributed by atoms with E-state index in [2.05, 4.69) is 46.2 Å². The molecular formula is C19H27N5O2. The highest BCUT2D eigenvalue weighted by Crippen LogP contribution is 2.16. The van der Waals surface area contributed by atoms with Crippen LogP contribution in [0.3, 0.4) is 0 Å². The third-order valence-electron chi connectivity index (χ3n) is 4.83. The fourth-order valence-electron chi connectivity index (χ4n) is 3.05. The SMILES string of the molecule is CCCc1cc(CNC(=O)c2ccc(N3CCN(C)[C@H](C)C3)nc2)on1. The lowest BCUT2D eigenvalue weighted by molar-refractivity contribution is 0.0946. The summed E-state index contributed by atoms with van der Waals surface area (Å²) in [6.07, 6.45) is 3.53. The summed E-state index contributed by atoms with van der Waals surface area (Å²) in [7, 11) is 2.14. The van der Waals surface area contributed by atoms with Crippen molar-refractivity contribution in [3.8, 4) is 0 Å². The summed E-state index contributed by atoms with van der Waals surface area (Å²) in [6, 6.07) is 6.12. The second kappa shape index (κ2) is 8.31. The first-order valence-electron chi connectivity index (χ1n) is 9.20. The predicted octanol–water partition coefficient (Wildman–Crippen LogP) is 2.09. The lowest BCUT2D eigenvalue weighted by Crippen LogP contribution is -2.50. The molecule has 0 aromatic carbocycles. The van der Waals surface area contributed by atoms with Crippen LogP contribution in [0.15, 0.2) is 28.9 Å². The Bertz CT molecular complexity index is 728. The van der Waals surface area contributed by atoms with Gasteiger partial charge in [0.25, 0.3) is 5.91 Å². The van der Waals surface area contributed by atoms with E-state index in [1.54, 1.807) is 6.20 Å². The average molecular weight is 357 g/mol. The number of carbonyl (C=O) groups excluding carboxylic acids is 1. The summed E-state index contributed by atoms with van der Waals surface area (Å²) in [4.78, 5) is 21.4. The van der Waals surface area contributed by atoms with Crippen LogP contribution in [0.2, 0.25) is 0 Å². The van der Waals surface area contributed by atoms with Crippen molar-refractivity contribution >= 4 is 11.7 Å². The predicted molar refractivity (Wildman–Crippen MR) is 100 cm³/mol. The van der Waals surface area contributed by atoms with Crippen LogP contribution in [0.25, 0.3) is 0 Å². The van der Waals surface area contributed by atoms with Crippen molar-refractivity contribution in [3.63, 3.8) is 0 Å². The number of rotatable bonds is 6. The van der Waals surface area contributed by atoms with Gasteiger partial charge in [-0.1, -0.05) is 18.5 Å². The molecule has 0 saturated carbocycles. The highest BCUT2D eigenvalue weighted by Gasteiger charge is 2.21. The third-order valence-corrected chi connectivity index (χ3v) is 4.83. The van der Waals surface area contributed by atoms with E-state index >= 15 is 0 Å². The van der Waals surface area contributed by atoms with Crippen molar-refractivity contribution in [2.75, 3.05) is 31.6 Å². The van der Waals surface area contributed by atoms with Gasteiger partial charge in [-0.2, -0.15) is 0 Å². The Morgan fingerprint density at radius 1 is 1.38 bits per heavy atom. The summed E-state index contributed by atoms with van der Waals surface area (Å²) in [5, 5.41) is 6.83. The molecule has 140 valence electrons. The van der Waals surface area contributed by atoms with E-state index in [1.165, 1.54) is 0 Å². The number of aryl methyl sites for hydroxylation is 1. The standard InChI is InChI=1S/C19H27N5O2/c1-4-5-16-10-17(26-22-16)12-21-19(25)15-6-7-18(20-11-15)24-9-8-23(3)14(2)13-24/h6-7,10-11,14H,4-5,8-9,12-13H2,1-3H3,(H,21,25)/t14-/m1/s1. The number of pyridine rings is 1. The molecule has 0 unspecified atom stereocenters. The monoisotopic (exact) mass is 357 g/mol. The van der Waals surface area contributed by atoms with Gasteiger partial charge in [0.15, 0.2) is 5.76 Å². The highest BCUT2D eigenvalue weighted by molar-refractivity contribution is 5.93. The quantitative estimate of drug-likeness (QED) is 0.853. The number of likely N-dealkylation sites (N-methyl/N-ethyl adjacent to an activating group) is 1. The molecule has 1 aliphatic heterocycles. The molecule has 1 N–H and O–H groups in total. The minimum atomic E-state index is -0.163. The lowest BCUT2D eigenvalue weighted by atomic mass is 10.2. The normalized spacial score (nSPS) is 18.1. The Balaban J connectivity index is 1.55. The Morgan fingerprint density at radius 3 is 2.92 bits per heavy atom. The molecule has 2 aromatic rings. The van der Waals surface area contributed by atoms with Gasteiger partial charge in [0.1, 0.15) is 5.82 Å². The number of piperazine rings is 1. The number of nitrogens with one attached hydrogen (secondary N) is 1. The van der Waals surface area contributed by atoms with Crippen molar-refractivity contribution in [1.82, 2.24) is 20.4 Å². The minimum Gasteiger partial charge on any atom is -0.359 e. The van der Waals surface area contributed by atoms with E-state index in [-0.39, 0.29) is 5.91 Å². The van der Waals surface area contributed by atoms with E-state index < -0.39 is 0 Å². The number of carbonyl (C=O) groups is 1. The Labute approximate surface area is 154 Å². The molecule has 1 aliphatic rings. The zero-order chi connectivity index (χ0) is 18.5. The average Bonchev–Trinajstić information content (AvgIpc) is 3.10. The molecular weight excluding hydrogens is 330 g/mol. The first-order valence-corrected chi connectivity index (χ1v) is 9.20. The fraction of sp³-hybridized carbons (Fsp3) is 0.526. The van der Waals surface area contributed by atoms with Gasteiger partial charge in [-0.05, 0) is 32.5 Å². The first-order chi connectivity index (χ1) is 12.6. The molecule has 3 rings (SSSR count). The van der Waals surface area contributed by atoms with Crippen molar-refractivity contribution < 1.29 is 9.32 Å². The summed E-state index contributed by atoms with van der Waals surface area (Å²) in [6.45, 7) is 7.54. The molecule has 1 saturated heterocycles. The van der Waals surface area contributed by atoms with E-state index in [0.29, 0.717) is 23.9 Å². The van der Waals surface area contributed by atoms with Crippen molar-refractivity contribution in [3.05, 3.63) is 41.4 Å². The maximum Gasteiger partial charge on any atom is 0.253 e. The van der Waals surface area contributed by atoms with E-state index in [0.717, 1.165) is 44.0 Å². The van der Waals surface area contributed by atoms with Crippen LogP contribution in [-0.2, 0) is 13.0 Å². The number of hydrogen-bond acceptors (Lipinski definition) is 6. The van der Waals surface area contributed by atoms with Crippen LogP contribution in [0.5, 0.6) is 0 Å². The number of aromatic nitrogens is 2. The molecule has 0 bridgehead atoms. The molecule has 0 spiro atoms. The molecule has 0 radical (unpaired) electrons. The molecule has 7 heteroatoms. The zero-order valence-corrected chi connectivity index (χ0v) is 15.7. The van der Waals surface area contributed by atoms with E-state index in [1.807, 2.05) is 18.2 Å². The van der Waals surface area contributed by atoms with Gasteiger partial charge in [-0.15, -0.1) is 0 Å². The van der Waals surface area contributed by atoms with Crippen LogP contribution < -0.4 is 10.2 Å². The Hall–Kier alpha value is -2.41. The molecule has 26 heavy (non-hydrogen) atoms. The lowest BCUT2D eigenvalue weighted by Gasteiger charge is -2.38. The summed E-state index contributed by atoms with van der Waals surface area (Å²) >= 11 is 0. The maximum atomic E-state index is 12.3. The maximum absolute atomic E-state index is 12.3. The van der Waals surface area contributed by atoms with Crippen LogP contribution in [0.4, 0.5) is 5.82 Å². The number of nitrogens with zero attached hydrogens (tertiary/aromatic N) is 4. The van der Waals surface area contributed by atoms with E-state index in [9.17, 15) is 4.79 Å². The second-order valence-corrected chi connectivity index (χ2v) is 6.90. The summed E-state index contributed by atoms with van der Waals surface area (Å²) in [5.74, 6) is 1.42. The topological polar surface area (TPSA) is 74.5 Å².